The minimum absolute atomic E-state index is 0.000171. The Morgan fingerprint density at radius 3 is 1.67 bits per heavy atom. The first-order chi connectivity index (χ1) is 33.8. The van der Waals surface area contributed by atoms with Gasteiger partial charge in [0.1, 0.15) is 48.3 Å². The van der Waals surface area contributed by atoms with Crippen LogP contribution in [0.1, 0.15) is 120 Å². The lowest BCUT2D eigenvalue weighted by atomic mass is 9.96. The number of hydrogen-bond donors (Lipinski definition) is 9. The third kappa shape index (κ3) is 17.3. The second-order valence-corrected chi connectivity index (χ2v) is 20.8. The highest BCUT2D eigenvalue weighted by atomic mass is 16.4. The van der Waals surface area contributed by atoms with Crippen LogP contribution in [0.2, 0.25) is 0 Å². The van der Waals surface area contributed by atoms with Crippen LogP contribution in [0.5, 0.6) is 0 Å². The number of carboxylic acids is 1. The molecule has 2 aliphatic rings. The van der Waals surface area contributed by atoms with Crippen LogP contribution < -0.4 is 43.0 Å². The van der Waals surface area contributed by atoms with E-state index in [2.05, 4.69) is 37.2 Å². The van der Waals surface area contributed by atoms with Gasteiger partial charge in [-0.1, -0.05) is 106 Å². The Balaban J connectivity index is 1.74. The van der Waals surface area contributed by atoms with E-state index in [1.165, 1.54) is 16.7 Å². The zero-order chi connectivity index (χ0) is 54.1. The molecule has 2 saturated heterocycles. The van der Waals surface area contributed by atoms with Crippen LogP contribution in [0, 0.1) is 29.6 Å². The molecule has 0 bridgehead atoms. The second kappa shape index (κ2) is 28.2. The molecular weight excluding hydrogens is 929 g/mol. The van der Waals surface area contributed by atoms with Gasteiger partial charge in [-0.05, 0) is 74.2 Å². The fraction of sp³-hybridized carbons (Fsp3) is 0.686. The predicted octanol–water partition coefficient (Wildman–Crippen LogP) is 0.728. The summed E-state index contributed by atoms with van der Waals surface area (Å²) in [7, 11) is 0. The molecule has 72 heavy (non-hydrogen) atoms. The van der Waals surface area contributed by atoms with Crippen LogP contribution in [0.4, 0.5) is 0 Å². The van der Waals surface area contributed by atoms with Gasteiger partial charge in [-0.2, -0.15) is 0 Å². The van der Waals surface area contributed by atoms with E-state index in [1.54, 1.807) is 78.8 Å². The van der Waals surface area contributed by atoms with Crippen LogP contribution in [-0.4, -0.2) is 148 Å². The van der Waals surface area contributed by atoms with Gasteiger partial charge >= 0.3 is 5.97 Å². The van der Waals surface area contributed by atoms with Crippen molar-refractivity contribution in [3.8, 4) is 0 Å². The van der Waals surface area contributed by atoms with Crippen molar-refractivity contribution in [2.24, 2.45) is 35.3 Å². The van der Waals surface area contributed by atoms with Crippen molar-refractivity contribution in [3.05, 3.63) is 35.9 Å². The molecule has 10 N–H and O–H groups in total. The summed E-state index contributed by atoms with van der Waals surface area (Å²) in [5.74, 6) is -8.22. The third-order valence-electron chi connectivity index (χ3n) is 13.3. The number of nitrogens with two attached hydrogens (primary N) is 1. The standard InChI is InChI=1S/C51H82N10O11/c1-12-31(10)42(59-47(67)39(28(4)5)57-46(66)37-21-17-22-60(37)49(69)34(52)24-27(2)3)48(68)54-32(11)43(63)55-35(25-33-18-14-13-15-19-33)44(64)58-40(29(6)7)50(70)61-23-16-20-36(61)45(65)53-26-38(62)56-41(30(8)9)51(71)72/h13-15,18-19,27-32,34-37,39-42H,12,16-17,20-26,52H2,1-11H3,(H,53,65)(H,54,68)(H,55,63)(H,56,62)(H,57,66)(H,58,64)(H,59,67)(H,71,72)/t31-,32-,34-,35-,36-,37-,39-,40-,41-,42-/m0/s1. The number of hydrogen-bond acceptors (Lipinski definition) is 11. The van der Waals surface area contributed by atoms with E-state index in [4.69, 9.17) is 5.73 Å². The van der Waals surface area contributed by atoms with Crippen LogP contribution in [0.25, 0.3) is 0 Å². The van der Waals surface area contributed by atoms with E-state index in [-0.39, 0.29) is 31.2 Å². The van der Waals surface area contributed by atoms with Crippen LogP contribution >= 0.6 is 0 Å². The molecule has 402 valence electrons. The first-order valence-corrected chi connectivity index (χ1v) is 25.5. The summed E-state index contributed by atoms with van der Waals surface area (Å²) in [4.78, 5) is 138. The Bertz CT molecular complexity index is 2070. The van der Waals surface area contributed by atoms with Crippen molar-refractivity contribution >= 4 is 59.1 Å². The number of benzene rings is 1. The minimum atomic E-state index is -1.25. The van der Waals surface area contributed by atoms with Gasteiger partial charge in [0.2, 0.25) is 53.2 Å². The first kappa shape index (κ1) is 60.2. The molecule has 21 nitrogen and oxygen atoms in total. The molecule has 21 heteroatoms. The topological polar surface area (TPSA) is 308 Å². The number of rotatable bonds is 26. The van der Waals surface area contributed by atoms with Crippen LogP contribution in [0.3, 0.4) is 0 Å². The maximum atomic E-state index is 14.2. The number of amides is 9. The van der Waals surface area contributed by atoms with Gasteiger partial charge in [0, 0.05) is 19.5 Å². The average Bonchev–Trinajstić information content (AvgIpc) is 4.02. The lowest BCUT2D eigenvalue weighted by Crippen LogP contribution is -2.61. The highest BCUT2D eigenvalue weighted by molar-refractivity contribution is 5.98. The quantitative estimate of drug-likeness (QED) is 0.0621. The van der Waals surface area contributed by atoms with Crippen molar-refractivity contribution in [1.29, 1.82) is 0 Å². The Labute approximate surface area is 424 Å². The minimum Gasteiger partial charge on any atom is -0.480 e. The molecule has 0 saturated carbocycles. The lowest BCUT2D eigenvalue weighted by molar-refractivity contribution is -0.144. The normalized spacial score (nSPS) is 19.1. The maximum absolute atomic E-state index is 14.2. The van der Waals surface area contributed by atoms with Gasteiger partial charge in [-0.3, -0.25) is 43.2 Å². The monoisotopic (exact) mass is 1010 g/mol. The Morgan fingerprint density at radius 1 is 0.611 bits per heavy atom. The Kier molecular flexibility index (Phi) is 23.6. The van der Waals surface area contributed by atoms with Crippen LogP contribution in [-0.2, 0) is 54.4 Å². The first-order valence-electron chi connectivity index (χ1n) is 25.5. The summed E-state index contributed by atoms with van der Waals surface area (Å²) in [5, 5.41) is 28.1. The van der Waals surface area contributed by atoms with Crippen molar-refractivity contribution in [2.45, 2.75) is 175 Å². The summed E-state index contributed by atoms with van der Waals surface area (Å²) in [6.07, 6.45) is 2.67. The highest BCUT2D eigenvalue weighted by Gasteiger charge is 2.42. The number of carbonyl (C=O) groups excluding carboxylic acids is 9. The van der Waals surface area contributed by atoms with Gasteiger partial charge in [0.25, 0.3) is 0 Å². The fourth-order valence-electron chi connectivity index (χ4n) is 8.85. The summed E-state index contributed by atoms with van der Waals surface area (Å²) in [6.45, 7) is 19.2. The maximum Gasteiger partial charge on any atom is 0.326 e. The molecule has 0 spiro atoms. The third-order valence-corrected chi connectivity index (χ3v) is 13.3. The van der Waals surface area contributed by atoms with Gasteiger partial charge in [-0.15, -0.1) is 0 Å². The van der Waals surface area contributed by atoms with E-state index in [1.807, 2.05) is 20.8 Å². The number of nitrogens with one attached hydrogen (secondary N) is 7. The van der Waals surface area contributed by atoms with Crippen molar-refractivity contribution in [2.75, 3.05) is 19.6 Å². The summed E-state index contributed by atoms with van der Waals surface area (Å²) < 4.78 is 0. The van der Waals surface area contributed by atoms with Gasteiger partial charge in [0.15, 0.2) is 0 Å². The molecule has 2 fully saturated rings. The average molecular weight is 1010 g/mol. The van der Waals surface area contributed by atoms with Gasteiger partial charge < -0.3 is 57.9 Å². The second-order valence-electron chi connectivity index (χ2n) is 20.8. The lowest BCUT2D eigenvalue weighted by Gasteiger charge is -2.32. The van der Waals surface area contributed by atoms with E-state index in [0.29, 0.717) is 44.2 Å². The highest BCUT2D eigenvalue weighted by Crippen LogP contribution is 2.23. The van der Waals surface area contributed by atoms with Crippen molar-refractivity contribution in [3.63, 3.8) is 0 Å². The van der Waals surface area contributed by atoms with E-state index in [9.17, 15) is 53.1 Å². The van der Waals surface area contributed by atoms with E-state index >= 15 is 0 Å². The summed E-state index contributed by atoms with van der Waals surface area (Å²) in [5.41, 5.74) is 6.87. The van der Waals surface area contributed by atoms with E-state index < -0.39 is 138 Å². The molecule has 2 aliphatic heterocycles. The molecule has 0 aliphatic carbocycles. The van der Waals surface area contributed by atoms with E-state index in [0.717, 1.165) is 0 Å². The molecule has 0 aromatic heterocycles. The number of nitrogens with zero attached hydrogens (tertiary/aromatic N) is 2. The molecule has 9 amide bonds. The van der Waals surface area contributed by atoms with Crippen molar-refractivity contribution in [1.82, 2.24) is 47.0 Å². The molecule has 2 heterocycles. The number of carboxylic acid groups (broad SMARTS) is 1. The van der Waals surface area contributed by atoms with Crippen LogP contribution in [0.15, 0.2) is 30.3 Å². The predicted molar refractivity (Wildman–Crippen MR) is 269 cm³/mol. The summed E-state index contributed by atoms with van der Waals surface area (Å²) in [6, 6.07) is -0.680. The molecule has 0 radical (unpaired) electrons. The van der Waals surface area contributed by atoms with Gasteiger partial charge in [0.05, 0.1) is 12.6 Å². The van der Waals surface area contributed by atoms with Gasteiger partial charge in [-0.25, -0.2) is 4.79 Å². The molecule has 1 aromatic rings. The smallest absolute Gasteiger partial charge is 0.326 e. The van der Waals surface area contributed by atoms with Crippen molar-refractivity contribution < 1.29 is 53.1 Å². The fourth-order valence-corrected chi connectivity index (χ4v) is 8.85. The SMILES string of the molecule is CC[C@H](C)[C@H](NC(=O)[C@@H](NC(=O)[C@@H]1CCCN1C(=O)[C@@H](N)CC(C)C)C(C)C)C(=O)N[C@@H](C)C(=O)N[C@@H](Cc1ccccc1)C(=O)N[C@H](C(=O)N1CCC[C@H]1C(=O)NCC(=O)N[C@H](C(=O)O)C(C)C)C(C)C. The summed E-state index contributed by atoms with van der Waals surface area (Å²) >= 11 is 0. The zero-order valence-electron chi connectivity index (χ0n) is 44.0. The molecular formula is C51H82N10O11. The molecule has 10 atom stereocenters. The molecule has 0 unspecified atom stereocenters. The zero-order valence-corrected chi connectivity index (χ0v) is 44.0. The number of likely N-dealkylation sites (tertiary alicyclic amines) is 2. The number of carbonyl (C=O) groups is 10. The number of aliphatic carboxylic acids is 1. The Hall–Kier alpha value is -6.12. The largest absolute Gasteiger partial charge is 0.480 e. The Morgan fingerprint density at radius 2 is 1.14 bits per heavy atom. The molecule has 3 rings (SSSR count). The molecule has 1 aromatic carbocycles.